The molecule has 3 aromatic carbocycles. The van der Waals surface area contributed by atoms with Crippen molar-refractivity contribution >= 4 is 5.91 Å². The zero-order valence-electron chi connectivity index (χ0n) is 18.1. The SMILES string of the molecule is CCOc1ccc(C(=O)N[C@@H](C)c2ccccc2)cc1COc1cc(C)cc(C)c1. The summed E-state index contributed by atoms with van der Waals surface area (Å²) in [5.41, 5.74) is 4.79. The van der Waals surface area contributed by atoms with Crippen molar-refractivity contribution in [3.63, 3.8) is 0 Å². The largest absolute Gasteiger partial charge is 0.493 e. The Hall–Kier alpha value is -3.27. The van der Waals surface area contributed by atoms with Gasteiger partial charge in [0.15, 0.2) is 0 Å². The Labute approximate surface area is 178 Å². The maximum Gasteiger partial charge on any atom is 0.251 e. The fourth-order valence-electron chi connectivity index (χ4n) is 3.41. The van der Waals surface area contributed by atoms with Crippen molar-refractivity contribution < 1.29 is 14.3 Å². The molecule has 0 heterocycles. The highest BCUT2D eigenvalue weighted by atomic mass is 16.5. The zero-order chi connectivity index (χ0) is 21.5. The number of carbonyl (C=O) groups is 1. The molecule has 0 bridgehead atoms. The standard InChI is InChI=1S/C26H29NO3/c1-5-29-25-12-11-22(26(28)27-20(4)21-9-7-6-8-10-21)16-23(25)17-30-24-14-18(2)13-19(3)15-24/h6-16,20H,5,17H2,1-4H3,(H,27,28)/t20-/m0/s1. The second kappa shape index (κ2) is 9.97. The molecule has 0 unspecified atom stereocenters. The number of rotatable bonds is 8. The Balaban J connectivity index is 1.76. The van der Waals surface area contributed by atoms with Crippen LogP contribution in [0.25, 0.3) is 0 Å². The molecule has 1 N–H and O–H groups in total. The minimum atomic E-state index is -0.123. The van der Waals surface area contributed by atoms with Crippen molar-refractivity contribution in [3.8, 4) is 11.5 Å². The molecule has 156 valence electrons. The molecule has 0 radical (unpaired) electrons. The van der Waals surface area contributed by atoms with E-state index in [2.05, 4.69) is 11.4 Å². The first-order valence-electron chi connectivity index (χ1n) is 10.3. The first-order chi connectivity index (χ1) is 14.5. The summed E-state index contributed by atoms with van der Waals surface area (Å²) in [4.78, 5) is 12.8. The summed E-state index contributed by atoms with van der Waals surface area (Å²) in [6, 6.07) is 21.4. The predicted octanol–water partition coefficient (Wildman–Crippen LogP) is 5.77. The quantitative estimate of drug-likeness (QED) is 0.519. The first-order valence-corrected chi connectivity index (χ1v) is 10.3. The molecule has 0 saturated heterocycles. The lowest BCUT2D eigenvalue weighted by Crippen LogP contribution is -2.26. The van der Waals surface area contributed by atoms with Gasteiger partial charge in [-0.1, -0.05) is 36.4 Å². The molecule has 4 heteroatoms. The van der Waals surface area contributed by atoms with Crippen LogP contribution >= 0.6 is 0 Å². The number of hydrogen-bond acceptors (Lipinski definition) is 3. The summed E-state index contributed by atoms with van der Waals surface area (Å²) in [6.07, 6.45) is 0. The number of hydrogen-bond donors (Lipinski definition) is 1. The van der Waals surface area contributed by atoms with E-state index in [9.17, 15) is 4.79 Å². The van der Waals surface area contributed by atoms with E-state index in [1.54, 1.807) is 6.07 Å². The lowest BCUT2D eigenvalue weighted by atomic mass is 10.1. The lowest BCUT2D eigenvalue weighted by Gasteiger charge is -2.16. The van der Waals surface area contributed by atoms with Crippen molar-refractivity contribution in [1.29, 1.82) is 0 Å². The fraction of sp³-hybridized carbons (Fsp3) is 0.269. The van der Waals surface area contributed by atoms with Gasteiger partial charge in [-0.3, -0.25) is 4.79 Å². The summed E-state index contributed by atoms with van der Waals surface area (Å²) in [7, 11) is 0. The van der Waals surface area contributed by atoms with E-state index in [0.717, 1.165) is 33.8 Å². The van der Waals surface area contributed by atoms with Crippen LogP contribution in [0.1, 0.15) is 52.5 Å². The highest BCUT2D eigenvalue weighted by Gasteiger charge is 2.14. The van der Waals surface area contributed by atoms with Gasteiger partial charge in [0.1, 0.15) is 18.1 Å². The van der Waals surface area contributed by atoms with E-state index >= 15 is 0 Å². The first kappa shape index (κ1) is 21.4. The average molecular weight is 404 g/mol. The van der Waals surface area contributed by atoms with Crippen molar-refractivity contribution in [2.75, 3.05) is 6.61 Å². The van der Waals surface area contributed by atoms with Gasteiger partial charge in [0.05, 0.1) is 12.6 Å². The Bertz CT molecular complexity index is 978. The molecule has 0 saturated carbocycles. The molecule has 4 nitrogen and oxygen atoms in total. The summed E-state index contributed by atoms with van der Waals surface area (Å²) in [6.45, 7) is 8.89. The molecular formula is C26H29NO3. The maximum absolute atomic E-state index is 12.8. The van der Waals surface area contributed by atoms with E-state index in [-0.39, 0.29) is 11.9 Å². The smallest absolute Gasteiger partial charge is 0.251 e. The van der Waals surface area contributed by atoms with Crippen LogP contribution in [0.3, 0.4) is 0 Å². The Kier molecular flexibility index (Phi) is 7.12. The summed E-state index contributed by atoms with van der Waals surface area (Å²) in [5.74, 6) is 1.42. The highest BCUT2D eigenvalue weighted by Crippen LogP contribution is 2.24. The molecule has 0 aliphatic rings. The third-order valence-corrected chi connectivity index (χ3v) is 4.86. The van der Waals surface area contributed by atoms with E-state index in [1.807, 2.05) is 82.3 Å². The van der Waals surface area contributed by atoms with Gasteiger partial charge in [-0.15, -0.1) is 0 Å². The monoisotopic (exact) mass is 403 g/mol. The molecule has 0 aliphatic carbocycles. The highest BCUT2D eigenvalue weighted by molar-refractivity contribution is 5.94. The molecule has 0 aliphatic heterocycles. The number of nitrogens with one attached hydrogen (secondary N) is 1. The zero-order valence-corrected chi connectivity index (χ0v) is 18.1. The van der Waals surface area contributed by atoms with Gasteiger partial charge in [-0.25, -0.2) is 0 Å². The third kappa shape index (κ3) is 5.63. The topological polar surface area (TPSA) is 47.6 Å². The van der Waals surface area contributed by atoms with Gasteiger partial charge >= 0.3 is 0 Å². The van der Waals surface area contributed by atoms with E-state index in [0.29, 0.717) is 18.8 Å². The van der Waals surface area contributed by atoms with Gasteiger partial charge in [0.2, 0.25) is 0 Å². The Morgan fingerprint density at radius 1 is 0.933 bits per heavy atom. The summed E-state index contributed by atoms with van der Waals surface area (Å²) >= 11 is 0. The van der Waals surface area contributed by atoms with Gasteiger partial charge in [-0.05, 0) is 74.7 Å². The van der Waals surface area contributed by atoms with Gasteiger partial charge in [0, 0.05) is 11.1 Å². The van der Waals surface area contributed by atoms with Crippen LogP contribution in [0, 0.1) is 13.8 Å². The molecule has 1 atom stereocenters. The number of aryl methyl sites for hydroxylation is 2. The van der Waals surface area contributed by atoms with Crippen LogP contribution in [0.2, 0.25) is 0 Å². The maximum atomic E-state index is 12.8. The van der Waals surface area contributed by atoms with Crippen LogP contribution < -0.4 is 14.8 Å². The number of amides is 1. The van der Waals surface area contributed by atoms with Crippen LogP contribution in [0.4, 0.5) is 0 Å². The Morgan fingerprint density at radius 3 is 2.30 bits per heavy atom. The summed E-state index contributed by atoms with van der Waals surface area (Å²) < 4.78 is 11.8. The summed E-state index contributed by atoms with van der Waals surface area (Å²) in [5, 5.41) is 3.06. The van der Waals surface area contributed by atoms with Crippen LogP contribution in [-0.2, 0) is 6.61 Å². The van der Waals surface area contributed by atoms with Crippen molar-refractivity contribution in [2.45, 2.75) is 40.3 Å². The van der Waals surface area contributed by atoms with E-state index in [4.69, 9.17) is 9.47 Å². The number of benzene rings is 3. The molecule has 0 spiro atoms. The molecule has 3 aromatic rings. The molecule has 3 rings (SSSR count). The second-order valence-electron chi connectivity index (χ2n) is 7.47. The van der Waals surface area contributed by atoms with Crippen LogP contribution in [0.5, 0.6) is 11.5 Å². The van der Waals surface area contributed by atoms with Gasteiger partial charge < -0.3 is 14.8 Å². The average Bonchev–Trinajstić information content (AvgIpc) is 2.73. The lowest BCUT2D eigenvalue weighted by molar-refractivity contribution is 0.0939. The second-order valence-corrected chi connectivity index (χ2v) is 7.47. The Morgan fingerprint density at radius 2 is 1.63 bits per heavy atom. The van der Waals surface area contributed by atoms with E-state index in [1.165, 1.54) is 0 Å². The van der Waals surface area contributed by atoms with E-state index < -0.39 is 0 Å². The molecule has 0 fully saturated rings. The minimum absolute atomic E-state index is 0.0831. The van der Waals surface area contributed by atoms with Crippen molar-refractivity contribution in [2.24, 2.45) is 0 Å². The van der Waals surface area contributed by atoms with Gasteiger partial charge in [-0.2, -0.15) is 0 Å². The normalized spacial score (nSPS) is 11.6. The molecular weight excluding hydrogens is 374 g/mol. The third-order valence-electron chi connectivity index (χ3n) is 4.86. The van der Waals surface area contributed by atoms with Crippen LogP contribution in [-0.4, -0.2) is 12.5 Å². The fourth-order valence-corrected chi connectivity index (χ4v) is 3.41. The predicted molar refractivity (Wildman–Crippen MR) is 120 cm³/mol. The number of carbonyl (C=O) groups excluding carboxylic acids is 1. The van der Waals surface area contributed by atoms with Crippen LogP contribution in [0.15, 0.2) is 66.7 Å². The minimum Gasteiger partial charge on any atom is -0.493 e. The number of ether oxygens (including phenoxy) is 2. The molecule has 0 aromatic heterocycles. The van der Waals surface area contributed by atoms with Crippen molar-refractivity contribution in [3.05, 3.63) is 94.5 Å². The molecule has 1 amide bonds. The van der Waals surface area contributed by atoms with Gasteiger partial charge in [0.25, 0.3) is 5.91 Å². The van der Waals surface area contributed by atoms with Crippen molar-refractivity contribution in [1.82, 2.24) is 5.32 Å². The molecule has 30 heavy (non-hydrogen) atoms.